The maximum absolute atomic E-state index is 12.8. The lowest BCUT2D eigenvalue weighted by Crippen LogP contribution is -2.24. The van der Waals surface area contributed by atoms with E-state index in [9.17, 15) is 14.9 Å². The monoisotopic (exact) mass is 438 g/mol. The van der Waals surface area contributed by atoms with Crippen molar-refractivity contribution in [2.24, 2.45) is 0 Å². The van der Waals surface area contributed by atoms with Crippen LogP contribution in [0.25, 0.3) is 0 Å². The molecule has 0 atom stereocenters. The van der Waals surface area contributed by atoms with E-state index in [0.717, 1.165) is 22.5 Å². The number of carbonyl (C=O) groups excluding carboxylic acids is 1. The number of aryl methyl sites for hydroxylation is 2. The molecule has 2 aromatic carbocycles. The molecular formula is C23H26N4O5. The molecule has 1 aromatic heterocycles. The second-order valence-electron chi connectivity index (χ2n) is 7.30. The predicted molar refractivity (Wildman–Crippen MR) is 119 cm³/mol. The molecule has 0 aliphatic heterocycles. The highest BCUT2D eigenvalue weighted by Gasteiger charge is 2.24. The fraction of sp³-hybridized carbons (Fsp3) is 0.304. The van der Waals surface area contributed by atoms with Gasteiger partial charge in [-0.1, -0.05) is 24.3 Å². The summed E-state index contributed by atoms with van der Waals surface area (Å²) in [5.41, 5.74) is 3.50. The second kappa shape index (κ2) is 9.95. The zero-order chi connectivity index (χ0) is 23.3. The van der Waals surface area contributed by atoms with Gasteiger partial charge >= 0.3 is 0 Å². The van der Waals surface area contributed by atoms with Crippen LogP contribution in [0.5, 0.6) is 11.5 Å². The summed E-state index contributed by atoms with van der Waals surface area (Å²) >= 11 is 0. The quantitative estimate of drug-likeness (QED) is 0.402. The molecule has 1 N–H and O–H groups in total. The highest BCUT2D eigenvalue weighted by atomic mass is 16.6. The van der Waals surface area contributed by atoms with Crippen molar-refractivity contribution in [3.63, 3.8) is 0 Å². The van der Waals surface area contributed by atoms with E-state index in [1.165, 1.54) is 19.2 Å². The number of hydrogen-bond donors (Lipinski definition) is 1. The first-order valence-corrected chi connectivity index (χ1v) is 10.2. The Morgan fingerprint density at radius 1 is 1.16 bits per heavy atom. The van der Waals surface area contributed by atoms with Gasteiger partial charge in [-0.2, -0.15) is 5.10 Å². The van der Waals surface area contributed by atoms with E-state index < -0.39 is 10.8 Å². The number of rotatable bonds is 9. The summed E-state index contributed by atoms with van der Waals surface area (Å²) in [5.74, 6) is -0.0911. The van der Waals surface area contributed by atoms with E-state index in [1.54, 1.807) is 6.92 Å². The molecule has 32 heavy (non-hydrogen) atoms. The highest BCUT2D eigenvalue weighted by molar-refractivity contribution is 5.99. The van der Waals surface area contributed by atoms with Gasteiger partial charge in [-0.3, -0.25) is 19.6 Å². The largest absolute Gasteiger partial charge is 0.493 e. The van der Waals surface area contributed by atoms with Crippen molar-refractivity contribution >= 4 is 11.6 Å². The van der Waals surface area contributed by atoms with Gasteiger partial charge < -0.3 is 14.8 Å². The van der Waals surface area contributed by atoms with Crippen LogP contribution in [0.2, 0.25) is 0 Å². The van der Waals surface area contributed by atoms with Crippen LogP contribution in [-0.2, 0) is 13.1 Å². The Kier molecular flexibility index (Phi) is 7.09. The topological polar surface area (TPSA) is 109 Å². The van der Waals surface area contributed by atoms with Crippen molar-refractivity contribution in [3.8, 4) is 11.5 Å². The number of benzene rings is 2. The van der Waals surface area contributed by atoms with Crippen molar-refractivity contribution < 1.29 is 19.2 Å². The summed E-state index contributed by atoms with van der Waals surface area (Å²) in [6.07, 6.45) is 0. The van der Waals surface area contributed by atoms with Crippen LogP contribution in [0.4, 0.5) is 5.69 Å². The Bertz CT molecular complexity index is 1140. The summed E-state index contributed by atoms with van der Waals surface area (Å²) < 4.78 is 12.5. The molecule has 0 radical (unpaired) electrons. The molecule has 0 bridgehead atoms. The van der Waals surface area contributed by atoms with Crippen LogP contribution < -0.4 is 14.8 Å². The summed E-state index contributed by atoms with van der Waals surface area (Å²) in [7, 11) is 1.42. The number of ether oxygens (including phenoxy) is 2. The van der Waals surface area contributed by atoms with Crippen LogP contribution in [0.1, 0.15) is 39.8 Å². The van der Waals surface area contributed by atoms with Gasteiger partial charge in [0.2, 0.25) is 0 Å². The van der Waals surface area contributed by atoms with E-state index in [1.807, 2.05) is 48.9 Å². The Hall–Kier alpha value is -3.88. The lowest BCUT2D eigenvalue weighted by molar-refractivity contribution is -0.385. The first kappa shape index (κ1) is 22.8. The van der Waals surface area contributed by atoms with Crippen molar-refractivity contribution in [2.75, 3.05) is 13.7 Å². The number of methoxy groups -OCH3 is 1. The molecule has 9 nitrogen and oxygen atoms in total. The third-order valence-electron chi connectivity index (χ3n) is 4.90. The smallest absolute Gasteiger partial charge is 0.286 e. The lowest BCUT2D eigenvalue weighted by atomic mass is 10.1. The molecule has 3 aromatic rings. The number of amides is 1. The number of aromatic nitrogens is 2. The lowest BCUT2D eigenvalue weighted by Gasteiger charge is -2.12. The third-order valence-corrected chi connectivity index (χ3v) is 4.90. The molecule has 168 valence electrons. The van der Waals surface area contributed by atoms with E-state index in [0.29, 0.717) is 13.2 Å². The molecule has 0 fully saturated rings. The Morgan fingerprint density at radius 3 is 2.53 bits per heavy atom. The Morgan fingerprint density at radius 2 is 1.91 bits per heavy atom. The van der Waals surface area contributed by atoms with Crippen molar-refractivity contribution in [1.82, 2.24) is 15.1 Å². The SMILES string of the molecule is CCOc1cc([N+](=O)[O-])c(C(=O)NCc2cccc(Cn3nc(C)cc3C)c2)cc1OC. The fourth-order valence-electron chi connectivity index (χ4n) is 3.43. The van der Waals surface area contributed by atoms with Gasteiger partial charge in [0, 0.05) is 18.3 Å². The molecule has 0 unspecified atom stereocenters. The van der Waals surface area contributed by atoms with Crippen molar-refractivity contribution in [2.45, 2.75) is 33.9 Å². The first-order chi connectivity index (χ1) is 15.3. The molecule has 0 saturated heterocycles. The minimum atomic E-state index is -0.605. The number of nitrogens with zero attached hydrogens (tertiary/aromatic N) is 3. The summed E-state index contributed by atoms with van der Waals surface area (Å²) in [5, 5.41) is 18.8. The zero-order valence-electron chi connectivity index (χ0n) is 18.5. The van der Waals surface area contributed by atoms with E-state index in [2.05, 4.69) is 10.4 Å². The van der Waals surface area contributed by atoms with Gasteiger partial charge in [-0.15, -0.1) is 0 Å². The number of carbonyl (C=O) groups is 1. The maximum atomic E-state index is 12.8. The van der Waals surface area contributed by atoms with Gasteiger partial charge in [-0.05, 0) is 38.0 Å². The van der Waals surface area contributed by atoms with Crippen LogP contribution in [0, 0.1) is 24.0 Å². The molecule has 0 aliphatic carbocycles. The Balaban J connectivity index is 1.77. The highest BCUT2D eigenvalue weighted by Crippen LogP contribution is 2.34. The average Bonchev–Trinajstić information content (AvgIpc) is 3.08. The number of nitrogens with one attached hydrogen (secondary N) is 1. The standard InChI is InChI=1S/C23H26N4O5/c1-5-32-22-12-20(27(29)30)19(11-21(22)31-4)23(28)24-13-17-7-6-8-18(10-17)14-26-16(3)9-15(2)25-26/h6-12H,5,13-14H2,1-4H3,(H,24,28). The number of nitro groups is 1. The average molecular weight is 438 g/mol. The van der Waals surface area contributed by atoms with Crippen LogP contribution >= 0.6 is 0 Å². The molecule has 0 aliphatic rings. The maximum Gasteiger partial charge on any atom is 0.286 e. The summed E-state index contributed by atoms with van der Waals surface area (Å²) in [4.78, 5) is 23.7. The fourth-order valence-corrected chi connectivity index (χ4v) is 3.43. The van der Waals surface area contributed by atoms with Gasteiger partial charge in [0.25, 0.3) is 11.6 Å². The van der Waals surface area contributed by atoms with Gasteiger partial charge in [-0.25, -0.2) is 0 Å². The summed E-state index contributed by atoms with van der Waals surface area (Å²) in [6.45, 7) is 6.86. The first-order valence-electron chi connectivity index (χ1n) is 10.2. The number of nitro benzene ring substituents is 1. The van der Waals surface area contributed by atoms with E-state index in [-0.39, 0.29) is 29.3 Å². The molecule has 3 rings (SSSR count). The van der Waals surface area contributed by atoms with E-state index >= 15 is 0 Å². The van der Waals surface area contributed by atoms with Crippen LogP contribution in [-0.4, -0.2) is 34.3 Å². The van der Waals surface area contributed by atoms with E-state index in [4.69, 9.17) is 9.47 Å². The van der Waals surface area contributed by atoms with Gasteiger partial charge in [0.1, 0.15) is 5.56 Å². The number of hydrogen-bond acceptors (Lipinski definition) is 6. The molecular weight excluding hydrogens is 412 g/mol. The van der Waals surface area contributed by atoms with Crippen molar-refractivity contribution in [1.29, 1.82) is 0 Å². The molecule has 1 amide bonds. The van der Waals surface area contributed by atoms with Crippen LogP contribution in [0.3, 0.4) is 0 Å². The predicted octanol–water partition coefficient (Wildman–Crippen LogP) is 3.79. The minimum Gasteiger partial charge on any atom is -0.493 e. The summed E-state index contributed by atoms with van der Waals surface area (Å²) in [6, 6.07) is 12.3. The van der Waals surface area contributed by atoms with Gasteiger partial charge in [0.15, 0.2) is 11.5 Å². The van der Waals surface area contributed by atoms with Crippen molar-refractivity contribution in [3.05, 3.63) is 80.7 Å². The van der Waals surface area contributed by atoms with Gasteiger partial charge in [0.05, 0.1) is 36.9 Å². The molecule has 0 saturated carbocycles. The second-order valence-corrected chi connectivity index (χ2v) is 7.30. The zero-order valence-corrected chi connectivity index (χ0v) is 18.5. The Labute approximate surface area is 186 Å². The molecule has 0 spiro atoms. The minimum absolute atomic E-state index is 0.0888. The molecule has 1 heterocycles. The van der Waals surface area contributed by atoms with Crippen LogP contribution in [0.15, 0.2) is 42.5 Å². The third kappa shape index (κ3) is 5.23. The normalized spacial score (nSPS) is 10.6. The molecule has 9 heteroatoms.